The lowest BCUT2D eigenvalue weighted by molar-refractivity contribution is 0.571. The van der Waals surface area contributed by atoms with Crippen LogP contribution >= 0.6 is 43.2 Å². The van der Waals surface area contributed by atoms with E-state index < -0.39 is 0 Å². The SMILES string of the molecule is O=c1/c(=C/c2ccc(-c3cc(Br)ccc3Br)o2)sc2nc3ccccc3n12. The van der Waals surface area contributed by atoms with Crippen molar-refractivity contribution in [2.45, 2.75) is 0 Å². The van der Waals surface area contributed by atoms with E-state index in [2.05, 4.69) is 36.8 Å². The Hall–Kier alpha value is -2.22. The molecule has 3 aromatic heterocycles. The topological polar surface area (TPSA) is 47.5 Å². The van der Waals surface area contributed by atoms with Gasteiger partial charge in [0, 0.05) is 20.6 Å². The molecule has 0 bridgehead atoms. The Morgan fingerprint density at radius 1 is 1.07 bits per heavy atom. The third-order valence-corrected chi connectivity index (χ3v) is 6.39. The Kier molecular flexibility index (Phi) is 4.03. The van der Waals surface area contributed by atoms with Crippen molar-refractivity contribution in [3.63, 3.8) is 0 Å². The zero-order chi connectivity index (χ0) is 18.5. The molecular weight excluding hydrogens is 492 g/mol. The normalized spacial score (nSPS) is 12.4. The highest BCUT2D eigenvalue weighted by Gasteiger charge is 2.12. The lowest BCUT2D eigenvalue weighted by Gasteiger charge is -2.01. The van der Waals surface area contributed by atoms with Crippen LogP contribution in [-0.2, 0) is 0 Å². The maximum Gasteiger partial charge on any atom is 0.275 e. The van der Waals surface area contributed by atoms with E-state index in [1.54, 1.807) is 10.5 Å². The van der Waals surface area contributed by atoms with E-state index in [4.69, 9.17) is 4.42 Å². The Morgan fingerprint density at radius 3 is 2.81 bits per heavy atom. The maximum absolute atomic E-state index is 12.8. The molecule has 0 radical (unpaired) electrons. The predicted octanol–water partition coefficient (Wildman–Crippen LogP) is 5.24. The molecule has 5 rings (SSSR count). The molecule has 0 fully saturated rings. The van der Waals surface area contributed by atoms with Crippen molar-refractivity contribution < 1.29 is 4.42 Å². The Bertz CT molecular complexity index is 1430. The molecule has 27 heavy (non-hydrogen) atoms. The molecule has 0 saturated carbocycles. The smallest absolute Gasteiger partial charge is 0.275 e. The van der Waals surface area contributed by atoms with E-state index in [0.717, 1.165) is 31.3 Å². The molecule has 0 N–H and O–H groups in total. The second-order valence-corrected chi connectivity index (χ2v) is 8.74. The molecule has 0 aliphatic heterocycles. The van der Waals surface area contributed by atoms with E-state index in [-0.39, 0.29) is 5.56 Å². The zero-order valence-electron chi connectivity index (χ0n) is 13.6. The van der Waals surface area contributed by atoms with Gasteiger partial charge in [0.2, 0.25) is 0 Å². The summed E-state index contributed by atoms with van der Waals surface area (Å²) in [6.45, 7) is 0. The van der Waals surface area contributed by atoms with Crippen LogP contribution in [-0.4, -0.2) is 9.38 Å². The Morgan fingerprint density at radius 2 is 1.93 bits per heavy atom. The van der Waals surface area contributed by atoms with Gasteiger partial charge in [-0.25, -0.2) is 9.38 Å². The lowest BCUT2D eigenvalue weighted by atomic mass is 10.2. The number of thiazole rings is 1. The summed E-state index contributed by atoms with van der Waals surface area (Å²) in [6.07, 6.45) is 1.77. The number of rotatable bonds is 2. The molecular formula is C20H10Br2N2O2S. The maximum atomic E-state index is 12.8. The average molecular weight is 502 g/mol. The molecule has 0 aliphatic rings. The van der Waals surface area contributed by atoms with Crippen LogP contribution in [0.4, 0.5) is 0 Å². The second-order valence-electron chi connectivity index (χ2n) is 5.96. The predicted molar refractivity (Wildman–Crippen MR) is 115 cm³/mol. The standard InChI is InChI=1S/C20H10Br2N2O2S/c21-11-5-7-14(22)13(9-11)17-8-6-12(26-17)10-18-19(25)24-16-4-2-1-3-15(16)23-20(24)27-18/h1-10H/b18-10-. The van der Waals surface area contributed by atoms with Gasteiger partial charge in [-0.05, 0) is 42.5 Å². The fraction of sp³-hybridized carbons (Fsp3) is 0. The molecule has 0 spiro atoms. The number of benzene rings is 2. The number of imidazole rings is 1. The highest BCUT2D eigenvalue weighted by atomic mass is 79.9. The molecule has 2 aromatic carbocycles. The number of hydrogen-bond donors (Lipinski definition) is 0. The van der Waals surface area contributed by atoms with Crippen LogP contribution in [0.2, 0.25) is 0 Å². The van der Waals surface area contributed by atoms with Gasteiger partial charge in [0.05, 0.1) is 11.0 Å². The van der Waals surface area contributed by atoms with Gasteiger partial charge >= 0.3 is 0 Å². The largest absolute Gasteiger partial charge is 0.457 e. The van der Waals surface area contributed by atoms with Gasteiger partial charge in [0.15, 0.2) is 4.96 Å². The third-order valence-electron chi connectivity index (χ3n) is 4.24. The summed E-state index contributed by atoms with van der Waals surface area (Å²) in [4.78, 5) is 18.1. The van der Waals surface area contributed by atoms with Crippen LogP contribution in [0.5, 0.6) is 0 Å². The first kappa shape index (κ1) is 16.9. The van der Waals surface area contributed by atoms with Crippen LogP contribution < -0.4 is 10.1 Å². The van der Waals surface area contributed by atoms with Crippen LogP contribution in [0.3, 0.4) is 0 Å². The summed E-state index contributed by atoms with van der Waals surface area (Å²) in [6, 6.07) is 17.3. The molecule has 0 atom stereocenters. The summed E-state index contributed by atoms with van der Waals surface area (Å²) in [7, 11) is 0. The van der Waals surface area contributed by atoms with Gasteiger partial charge in [-0.2, -0.15) is 0 Å². The van der Waals surface area contributed by atoms with Crippen LogP contribution in [0.25, 0.3) is 33.4 Å². The van der Waals surface area contributed by atoms with Gasteiger partial charge < -0.3 is 4.42 Å². The molecule has 0 saturated heterocycles. The fourth-order valence-corrected chi connectivity index (χ4v) is 4.77. The van der Waals surface area contributed by atoms with E-state index in [1.807, 2.05) is 54.6 Å². The Labute approximate surface area is 174 Å². The van der Waals surface area contributed by atoms with Crippen molar-refractivity contribution in [1.29, 1.82) is 0 Å². The van der Waals surface area contributed by atoms with Crippen molar-refractivity contribution in [3.8, 4) is 11.3 Å². The highest BCUT2D eigenvalue weighted by molar-refractivity contribution is 9.11. The van der Waals surface area contributed by atoms with Gasteiger partial charge in [-0.1, -0.05) is 55.3 Å². The molecule has 0 amide bonds. The lowest BCUT2D eigenvalue weighted by Crippen LogP contribution is -2.22. The van der Waals surface area contributed by atoms with E-state index in [1.165, 1.54) is 11.3 Å². The highest BCUT2D eigenvalue weighted by Crippen LogP contribution is 2.32. The van der Waals surface area contributed by atoms with E-state index >= 15 is 0 Å². The minimum atomic E-state index is -0.0784. The molecule has 7 heteroatoms. The van der Waals surface area contributed by atoms with Crippen LogP contribution in [0.15, 0.2) is 72.8 Å². The fourth-order valence-electron chi connectivity index (χ4n) is 3.00. The number of hydrogen-bond acceptors (Lipinski definition) is 4. The first-order valence-electron chi connectivity index (χ1n) is 8.07. The van der Waals surface area contributed by atoms with Crippen LogP contribution in [0.1, 0.15) is 5.76 Å². The van der Waals surface area contributed by atoms with Gasteiger partial charge in [-0.15, -0.1) is 0 Å². The second kappa shape index (κ2) is 6.44. The Balaban J connectivity index is 1.63. The van der Waals surface area contributed by atoms with Gasteiger partial charge in [-0.3, -0.25) is 4.79 Å². The van der Waals surface area contributed by atoms with E-state index in [0.29, 0.717) is 15.3 Å². The molecule has 5 aromatic rings. The van der Waals surface area contributed by atoms with Crippen molar-refractivity contribution in [1.82, 2.24) is 9.38 Å². The van der Waals surface area contributed by atoms with Gasteiger partial charge in [0.25, 0.3) is 5.56 Å². The minimum absolute atomic E-state index is 0.0784. The molecule has 4 nitrogen and oxygen atoms in total. The van der Waals surface area contributed by atoms with E-state index in [9.17, 15) is 4.79 Å². The zero-order valence-corrected chi connectivity index (χ0v) is 17.6. The summed E-state index contributed by atoms with van der Waals surface area (Å²) in [5.41, 5.74) is 2.52. The van der Waals surface area contributed by atoms with Crippen molar-refractivity contribution in [2.75, 3.05) is 0 Å². The summed E-state index contributed by atoms with van der Waals surface area (Å²) in [5.74, 6) is 1.36. The monoisotopic (exact) mass is 500 g/mol. The van der Waals surface area contributed by atoms with Gasteiger partial charge in [0.1, 0.15) is 16.1 Å². The number of nitrogens with zero attached hydrogens (tertiary/aromatic N) is 2. The third kappa shape index (κ3) is 2.86. The molecule has 132 valence electrons. The average Bonchev–Trinajstić information content (AvgIpc) is 3.33. The van der Waals surface area contributed by atoms with Crippen molar-refractivity contribution in [2.24, 2.45) is 0 Å². The first-order valence-corrected chi connectivity index (χ1v) is 10.5. The molecule has 3 heterocycles. The number of aromatic nitrogens is 2. The summed E-state index contributed by atoms with van der Waals surface area (Å²) in [5, 5.41) is 0. The number of para-hydroxylation sites is 2. The summed E-state index contributed by atoms with van der Waals surface area (Å²) >= 11 is 8.39. The number of halogens is 2. The number of furan rings is 1. The first-order chi connectivity index (χ1) is 13.1. The molecule has 0 aliphatic carbocycles. The van der Waals surface area contributed by atoms with Crippen LogP contribution in [0, 0.1) is 0 Å². The minimum Gasteiger partial charge on any atom is -0.457 e. The van der Waals surface area contributed by atoms with Crippen molar-refractivity contribution >= 4 is 65.3 Å². The van der Waals surface area contributed by atoms with Crippen molar-refractivity contribution in [3.05, 3.63) is 84.2 Å². The summed E-state index contributed by atoms with van der Waals surface area (Å²) < 4.78 is 10.1. The number of fused-ring (bicyclic) bond motifs is 3. The molecule has 0 unspecified atom stereocenters. The quantitative estimate of drug-likeness (QED) is 0.332.